The predicted molar refractivity (Wildman–Crippen MR) is 99.4 cm³/mol. The third kappa shape index (κ3) is 3.40. The van der Waals surface area contributed by atoms with Gasteiger partial charge in [0.1, 0.15) is 0 Å². The Kier molecular flexibility index (Phi) is 5.07. The van der Waals surface area contributed by atoms with Crippen molar-refractivity contribution in [3.05, 3.63) is 28.9 Å². The van der Waals surface area contributed by atoms with Crippen LogP contribution in [0, 0.1) is 11.3 Å². The van der Waals surface area contributed by atoms with Crippen molar-refractivity contribution in [2.75, 3.05) is 13.1 Å². The normalized spacial score (nSPS) is 17.9. The van der Waals surface area contributed by atoms with E-state index in [1.807, 2.05) is 24.0 Å². The van der Waals surface area contributed by atoms with Crippen molar-refractivity contribution >= 4 is 28.4 Å². The number of aromatic amines is 1. The average Bonchev–Trinajstić information content (AvgIpc) is 3.08. The number of aliphatic hydroxyl groups is 1. The van der Waals surface area contributed by atoms with E-state index in [0.29, 0.717) is 17.4 Å². The molecule has 25 heavy (non-hydrogen) atoms. The summed E-state index contributed by atoms with van der Waals surface area (Å²) in [5.41, 5.74) is 1.30. The molecular formula is C19H26ClN3O2. The summed E-state index contributed by atoms with van der Waals surface area (Å²) < 4.78 is 0. The van der Waals surface area contributed by atoms with Crippen molar-refractivity contribution in [3.8, 4) is 0 Å². The second-order valence-electron chi connectivity index (χ2n) is 7.56. The number of amides is 1. The fraction of sp³-hybridized carbons (Fsp3) is 0.579. The first-order valence-electron chi connectivity index (χ1n) is 8.93. The molecule has 3 rings (SSSR count). The standard InChI is InChI=1S/C19H26ClN3O2/c1-4-16(24)23-7-5-13(6-8-23)19(2,3)18(25)15-10-14(20)9-12-11-21-22-17(12)15/h9-11,13,18,25H,4-8H2,1-3H3,(H,21,22)/t18-/m1/s1. The number of aliphatic hydroxyl groups excluding tert-OH is 1. The summed E-state index contributed by atoms with van der Waals surface area (Å²) in [4.78, 5) is 13.8. The van der Waals surface area contributed by atoms with E-state index in [2.05, 4.69) is 24.0 Å². The van der Waals surface area contributed by atoms with Crippen LogP contribution in [0.4, 0.5) is 0 Å². The third-order valence-electron chi connectivity index (χ3n) is 5.75. The minimum absolute atomic E-state index is 0.214. The number of halogens is 1. The Morgan fingerprint density at radius 3 is 2.76 bits per heavy atom. The molecule has 1 aromatic heterocycles. The van der Waals surface area contributed by atoms with Crippen molar-refractivity contribution in [2.24, 2.45) is 11.3 Å². The number of H-pyrrole nitrogens is 1. The van der Waals surface area contributed by atoms with E-state index < -0.39 is 6.10 Å². The third-order valence-corrected chi connectivity index (χ3v) is 5.96. The van der Waals surface area contributed by atoms with Crippen LogP contribution in [0.25, 0.3) is 10.9 Å². The summed E-state index contributed by atoms with van der Waals surface area (Å²) >= 11 is 6.23. The SMILES string of the molecule is CCC(=O)N1CCC(C(C)(C)[C@H](O)c2cc(Cl)cc3cn[nH]c23)CC1. The van der Waals surface area contributed by atoms with Gasteiger partial charge in [0.05, 0.1) is 17.8 Å². The van der Waals surface area contributed by atoms with Crippen LogP contribution >= 0.6 is 11.6 Å². The van der Waals surface area contributed by atoms with E-state index in [-0.39, 0.29) is 11.3 Å². The van der Waals surface area contributed by atoms with Gasteiger partial charge in [0.2, 0.25) is 5.91 Å². The van der Waals surface area contributed by atoms with Gasteiger partial charge < -0.3 is 10.0 Å². The molecule has 2 heterocycles. The van der Waals surface area contributed by atoms with E-state index in [1.54, 1.807) is 6.20 Å². The van der Waals surface area contributed by atoms with Crippen molar-refractivity contribution in [3.63, 3.8) is 0 Å². The molecule has 0 bridgehead atoms. The zero-order valence-electron chi connectivity index (χ0n) is 15.1. The Morgan fingerprint density at radius 2 is 2.12 bits per heavy atom. The molecule has 1 aliphatic rings. The Bertz CT molecular complexity index is 763. The second kappa shape index (κ2) is 6.96. The monoisotopic (exact) mass is 363 g/mol. The highest BCUT2D eigenvalue weighted by molar-refractivity contribution is 6.31. The van der Waals surface area contributed by atoms with Crippen molar-refractivity contribution in [1.82, 2.24) is 15.1 Å². The fourth-order valence-corrected chi connectivity index (χ4v) is 4.22. The second-order valence-corrected chi connectivity index (χ2v) is 8.00. The number of nitrogens with zero attached hydrogens (tertiary/aromatic N) is 2. The molecule has 0 spiro atoms. The van der Waals surface area contributed by atoms with Gasteiger partial charge in [-0.3, -0.25) is 9.89 Å². The summed E-state index contributed by atoms with van der Waals surface area (Å²) in [7, 11) is 0. The summed E-state index contributed by atoms with van der Waals surface area (Å²) in [6.07, 6.45) is 3.42. The molecule has 5 nitrogen and oxygen atoms in total. The molecule has 0 saturated carbocycles. The van der Waals surface area contributed by atoms with Crippen molar-refractivity contribution < 1.29 is 9.90 Å². The smallest absolute Gasteiger partial charge is 0.222 e. The maximum atomic E-state index is 11.9. The number of carbonyl (C=O) groups excluding carboxylic acids is 1. The molecule has 1 aliphatic heterocycles. The molecule has 6 heteroatoms. The van der Waals surface area contributed by atoms with Gasteiger partial charge in [-0.05, 0) is 36.3 Å². The lowest BCUT2D eigenvalue weighted by Gasteiger charge is -2.43. The molecule has 0 aliphatic carbocycles. The van der Waals surface area contributed by atoms with Crippen molar-refractivity contribution in [2.45, 2.75) is 46.1 Å². The molecule has 2 aromatic rings. The topological polar surface area (TPSA) is 69.2 Å². The van der Waals surface area contributed by atoms with Crippen LogP contribution in [0.1, 0.15) is 51.7 Å². The number of aromatic nitrogens is 2. The Balaban J connectivity index is 1.82. The minimum Gasteiger partial charge on any atom is -0.388 e. The molecule has 1 fully saturated rings. The van der Waals surface area contributed by atoms with Crippen LogP contribution in [0.15, 0.2) is 18.3 Å². The fourth-order valence-electron chi connectivity index (χ4n) is 3.98. The van der Waals surface area contributed by atoms with Crippen molar-refractivity contribution in [1.29, 1.82) is 0 Å². The number of nitrogens with one attached hydrogen (secondary N) is 1. The number of fused-ring (bicyclic) bond motifs is 1. The van der Waals surface area contributed by atoms with Gasteiger partial charge >= 0.3 is 0 Å². The van der Waals surface area contributed by atoms with Crippen LogP contribution in [0.5, 0.6) is 0 Å². The number of hydrogen-bond acceptors (Lipinski definition) is 3. The van der Waals surface area contributed by atoms with Crippen LogP contribution in [-0.4, -0.2) is 39.2 Å². The highest BCUT2D eigenvalue weighted by Gasteiger charge is 2.40. The highest BCUT2D eigenvalue weighted by atomic mass is 35.5. The molecule has 2 N–H and O–H groups in total. The lowest BCUT2D eigenvalue weighted by atomic mass is 9.68. The molecule has 1 atom stereocenters. The van der Waals surface area contributed by atoms with Gasteiger partial charge in [0.15, 0.2) is 0 Å². The van der Waals surface area contributed by atoms with Gasteiger partial charge in [0.25, 0.3) is 0 Å². The minimum atomic E-state index is -0.660. The number of benzene rings is 1. The maximum absolute atomic E-state index is 11.9. The van der Waals surface area contributed by atoms with Crippen LogP contribution in [0.3, 0.4) is 0 Å². The van der Waals surface area contributed by atoms with Gasteiger partial charge in [0, 0.05) is 35.5 Å². The van der Waals surface area contributed by atoms with Gasteiger partial charge in [-0.2, -0.15) is 5.10 Å². The first-order valence-corrected chi connectivity index (χ1v) is 9.30. The number of likely N-dealkylation sites (tertiary alicyclic amines) is 1. The zero-order chi connectivity index (χ0) is 18.2. The van der Waals surface area contributed by atoms with E-state index in [4.69, 9.17) is 11.6 Å². The lowest BCUT2D eigenvalue weighted by molar-refractivity contribution is -0.133. The Labute approximate surface area is 153 Å². The molecule has 0 unspecified atom stereocenters. The largest absolute Gasteiger partial charge is 0.388 e. The van der Waals surface area contributed by atoms with Crippen LogP contribution < -0.4 is 0 Å². The summed E-state index contributed by atoms with van der Waals surface area (Å²) in [5.74, 6) is 0.547. The molecule has 1 amide bonds. The van der Waals surface area contributed by atoms with Crippen LogP contribution in [0.2, 0.25) is 5.02 Å². The zero-order valence-corrected chi connectivity index (χ0v) is 15.8. The summed E-state index contributed by atoms with van der Waals surface area (Å²) in [6.45, 7) is 7.63. The molecular weight excluding hydrogens is 338 g/mol. The number of hydrogen-bond donors (Lipinski definition) is 2. The van der Waals surface area contributed by atoms with E-state index >= 15 is 0 Å². The van der Waals surface area contributed by atoms with E-state index in [0.717, 1.165) is 42.4 Å². The maximum Gasteiger partial charge on any atom is 0.222 e. The Hall–Kier alpha value is -1.59. The number of rotatable bonds is 4. The first-order chi connectivity index (χ1) is 11.8. The highest BCUT2D eigenvalue weighted by Crippen LogP contribution is 2.46. The van der Waals surface area contributed by atoms with Gasteiger partial charge in [-0.1, -0.05) is 32.4 Å². The van der Waals surface area contributed by atoms with E-state index in [9.17, 15) is 9.90 Å². The van der Waals surface area contributed by atoms with Gasteiger partial charge in [-0.25, -0.2) is 0 Å². The molecule has 1 saturated heterocycles. The molecule has 1 aromatic carbocycles. The first kappa shape index (κ1) is 18.2. The molecule has 0 radical (unpaired) electrons. The predicted octanol–water partition coefficient (Wildman–Crippen LogP) is 3.92. The van der Waals surface area contributed by atoms with Gasteiger partial charge in [-0.15, -0.1) is 0 Å². The number of piperidine rings is 1. The quantitative estimate of drug-likeness (QED) is 0.864. The van der Waals surface area contributed by atoms with Crippen LogP contribution in [-0.2, 0) is 4.79 Å². The summed E-state index contributed by atoms with van der Waals surface area (Å²) in [5, 5.41) is 19.7. The lowest BCUT2D eigenvalue weighted by Crippen LogP contribution is -2.43. The summed E-state index contributed by atoms with van der Waals surface area (Å²) in [6, 6.07) is 3.67. The molecule has 136 valence electrons. The average molecular weight is 364 g/mol. The Morgan fingerprint density at radius 1 is 1.44 bits per heavy atom. The number of carbonyl (C=O) groups is 1. The van der Waals surface area contributed by atoms with E-state index in [1.165, 1.54) is 0 Å².